The molecule has 0 radical (unpaired) electrons. The van der Waals surface area contributed by atoms with E-state index in [1.165, 1.54) is 6.07 Å². The van der Waals surface area contributed by atoms with Gasteiger partial charge in [0.25, 0.3) is 0 Å². The Labute approximate surface area is 170 Å². The number of aryl methyl sites for hydroxylation is 1. The summed E-state index contributed by atoms with van der Waals surface area (Å²) in [5.41, 5.74) is 1.95. The van der Waals surface area contributed by atoms with Crippen molar-refractivity contribution in [2.24, 2.45) is 0 Å². The largest absolute Gasteiger partial charge is 0.489 e. The van der Waals surface area contributed by atoms with Gasteiger partial charge in [0.15, 0.2) is 0 Å². The van der Waals surface area contributed by atoms with Gasteiger partial charge in [0.1, 0.15) is 24.0 Å². The predicted octanol–water partition coefficient (Wildman–Crippen LogP) is 4.55. The molecule has 5 nitrogen and oxygen atoms in total. The third-order valence-corrected chi connectivity index (χ3v) is 5.59. The second kappa shape index (κ2) is 8.35. The second-order valence-electron chi connectivity index (χ2n) is 7.25. The van der Waals surface area contributed by atoms with E-state index in [9.17, 15) is 4.39 Å². The molecule has 3 aromatic rings. The first kappa shape index (κ1) is 19.6. The summed E-state index contributed by atoms with van der Waals surface area (Å²) in [5.74, 6) is 1.20. The van der Waals surface area contributed by atoms with Crippen molar-refractivity contribution in [3.63, 3.8) is 0 Å². The first-order valence-corrected chi connectivity index (χ1v) is 9.76. The number of hydrogen-bond donors (Lipinski definition) is 0. The number of benzene rings is 2. The summed E-state index contributed by atoms with van der Waals surface area (Å²) >= 11 is 0. The molecule has 1 aliphatic heterocycles. The number of nitrogens with zero attached hydrogens (tertiary/aromatic N) is 2. The zero-order valence-corrected chi connectivity index (χ0v) is 16.7. The van der Waals surface area contributed by atoms with Crippen LogP contribution in [0.1, 0.15) is 29.8 Å². The standard InChI is InChI=1S/C23H25FN2O3/c1-17-25-10-11-26(17)20-7-6-18(22(24)15-20)16-29-21-5-3-4-19(14-21)23(27-2)8-12-28-13-9-23/h3-7,10-11,14-15H,8-9,12-13,16H2,1-2H3. The van der Waals surface area contributed by atoms with Gasteiger partial charge in [-0.2, -0.15) is 0 Å². The first-order valence-electron chi connectivity index (χ1n) is 9.76. The van der Waals surface area contributed by atoms with Gasteiger partial charge in [0.05, 0.1) is 5.60 Å². The van der Waals surface area contributed by atoms with E-state index in [0.717, 1.165) is 29.9 Å². The van der Waals surface area contributed by atoms with E-state index < -0.39 is 0 Å². The van der Waals surface area contributed by atoms with E-state index in [0.29, 0.717) is 24.5 Å². The lowest BCUT2D eigenvalue weighted by Gasteiger charge is -2.36. The average Bonchev–Trinajstić information content (AvgIpc) is 3.19. The quantitative estimate of drug-likeness (QED) is 0.613. The van der Waals surface area contributed by atoms with E-state index in [1.807, 2.05) is 48.0 Å². The van der Waals surface area contributed by atoms with Crippen molar-refractivity contribution in [2.75, 3.05) is 20.3 Å². The summed E-state index contributed by atoms with van der Waals surface area (Å²) in [4.78, 5) is 4.18. The molecular formula is C23H25FN2O3. The molecular weight excluding hydrogens is 371 g/mol. The lowest BCUT2D eigenvalue weighted by molar-refractivity contribution is -0.0948. The molecule has 0 atom stereocenters. The van der Waals surface area contributed by atoms with Crippen molar-refractivity contribution in [3.8, 4) is 11.4 Å². The van der Waals surface area contributed by atoms with Gasteiger partial charge in [-0.3, -0.25) is 0 Å². The molecule has 152 valence electrons. The van der Waals surface area contributed by atoms with Gasteiger partial charge < -0.3 is 18.8 Å². The van der Waals surface area contributed by atoms with Crippen LogP contribution < -0.4 is 4.74 Å². The van der Waals surface area contributed by atoms with E-state index in [4.69, 9.17) is 14.2 Å². The molecule has 0 amide bonds. The molecule has 1 aliphatic rings. The summed E-state index contributed by atoms with van der Waals surface area (Å²) in [7, 11) is 1.73. The number of rotatable bonds is 6. The Bertz CT molecular complexity index is 980. The lowest BCUT2D eigenvalue weighted by atomic mass is 9.86. The van der Waals surface area contributed by atoms with Crippen LogP contribution in [0.5, 0.6) is 5.75 Å². The zero-order chi connectivity index (χ0) is 20.3. The third kappa shape index (κ3) is 4.04. The molecule has 4 rings (SSSR count). The van der Waals surface area contributed by atoms with Crippen LogP contribution in [0.15, 0.2) is 54.9 Å². The van der Waals surface area contributed by atoms with Crippen LogP contribution in [-0.4, -0.2) is 29.9 Å². The highest BCUT2D eigenvalue weighted by Crippen LogP contribution is 2.37. The Balaban J connectivity index is 1.49. The number of aromatic nitrogens is 2. The molecule has 29 heavy (non-hydrogen) atoms. The van der Waals surface area contributed by atoms with Gasteiger partial charge in [-0.1, -0.05) is 18.2 Å². The molecule has 0 spiro atoms. The fourth-order valence-corrected chi connectivity index (χ4v) is 3.80. The number of hydrogen-bond acceptors (Lipinski definition) is 4. The van der Waals surface area contributed by atoms with Gasteiger partial charge >= 0.3 is 0 Å². The Kier molecular flexibility index (Phi) is 5.65. The van der Waals surface area contributed by atoms with Gasteiger partial charge in [-0.05, 0) is 36.8 Å². The molecule has 1 aromatic heterocycles. The molecule has 0 saturated carbocycles. The maximum Gasteiger partial charge on any atom is 0.131 e. The van der Waals surface area contributed by atoms with Crippen molar-refractivity contribution in [3.05, 3.63) is 77.6 Å². The van der Waals surface area contributed by atoms with Crippen molar-refractivity contribution < 1.29 is 18.6 Å². The molecule has 0 N–H and O–H groups in total. The minimum atomic E-state index is -0.354. The van der Waals surface area contributed by atoms with E-state index in [2.05, 4.69) is 4.98 Å². The Hall–Kier alpha value is -2.70. The van der Waals surface area contributed by atoms with Crippen LogP contribution in [0.3, 0.4) is 0 Å². The zero-order valence-electron chi connectivity index (χ0n) is 16.7. The highest BCUT2D eigenvalue weighted by Gasteiger charge is 2.34. The first-order chi connectivity index (χ1) is 14.1. The van der Waals surface area contributed by atoms with Crippen LogP contribution >= 0.6 is 0 Å². The van der Waals surface area contributed by atoms with Crippen LogP contribution in [0.2, 0.25) is 0 Å². The minimum absolute atomic E-state index is 0.154. The second-order valence-corrected chi connectivity index (χ2v) is 7.25. The smallest absolute Gasteiger partial charge is 0.131 e. The normalized spacial score (nSPS) is 16.0. The third-order valence-electron chi connectivity index (χ3n) is 5.59. The summed E-state index contributed by atoms with van der Waals surface area (Å²) in [6, 6.07) is 13.0. The van der Waals surface area contributed by atoms with Crippen molar-refractivity contribution in [1.82, 2.24) is 9.55 Å². The van der Waals surface area contributed by atoms with Gasteiger partial charge in [-0.15, -0.1) is 0 Å². The molecule has 0 unspecified atom stereocenters. The summed E-state index contributed by atoms with van der Waals surface area (Å²) in [6.07, 6.45) is 5.11. The summed E-state index contributed by atoms with van der Waals surface area (Å²) in [5, 5.41) is 0. The van der Waals surface area contributed by atoms with E-state index >= 15 is 0 Å². The fourth-order valence-electron chi connectivity index (χ4n) is 3.80. The molecule has 0 aliphatic carbocycles. The Morgan fingerprint density at radius 2 is 2.00 bits per heavy atom. The summed E-state index contributed by atoms with van der Waals surface area (Å²) in [6.45, 7) is 3.38. The number of imidazole rings is 1. The van der Waals surface area contributed by atoms with Crippen LogP contribution in [0.25, 0.3) is 5.69 Å². The average molecular weight is 396 g/mol. The molecule has 0 bridgehead atoms. The maximum atomic E-state index is 14.6. The highest BCUT2D eigenvalue weighted by molar-refractivity contribution is 5.37. The highest BCUT2D eigenvalue weighted by atomic mass is 19.1. The molecule has 1 fully saturated rings. The van der Waals surface area contributed by atoms with Crippen LogP contribution in [0, 0.1) is 12.7 Å². The topological polar surface area (TPSA) is 45.5 Å². The predicted molar refractivity (Wildman–Crippen MR) is 108 cm³/mol. The Morgan fingerprint density at radius 3 is 2.69 bits per heavy atom. The molecule has 2 heterocycles. The molecule has 6 heteroatoms. The number of ether oxygens (including phenoxy) is 3. The Morgan fingerprint density at radius 1 is 1.17 bits per heavy atom. The monoisotopic (exact) mass is 396 g/mol. The summed E-state index contributed by atoms with van der Waals surface area (Å²) < 4.78 is 33.7. The van der Waals surface area contributed by atoms with Gasteiger partial charge in [-0.25, -0.2) is 9.37 Å². The SMILES string of the molecule is COC1(c2cccc(OCc3ccc(-n4ccnc4C)cc3F)c2)CCOCC1. The molecule has 1 saturated heterocycles. The molecule has 2 aromatic carbocycles. The van der Waals surface area contributed by atoms with Crippen molar-refractivity contribution >= 4 is 0 Å². The maximum absolute atomic E-state index is 14.6. The van der Waals surface area contributed by atoms with Crippen LogP contribution in [-0.2, 0) is 21.7 Å². The van der Waals surface area contributed by atoms with Crippen LogP contribution in [0.4, 0.5) is 4.39 Å². The minimum Gasteiger partial charge on any atom is -0.489 e. The van der Waals surface area contributed by atoms with E-state index in [-0.39, 0.29) is 18.0 Å². The number of methoxy groups -OCH3 is 1. The lowest BCUT2D eigenvalue weighted by Crippen LogP contribution is -2.35. The van der Waals surface area contributed by atoms with Crippen molar-refractivity contribution in [2.45, 2.75) is 32.0 Å². The number of halogens is 1. The van der Waals surface area contributed by atoms with Gasteiger partial charge in [0, 0.05) is 56.8 Å². The van der Waals surface area contributed by atoms with E-state index in [1.54, 1.807) is 19.4 Å². The van der Waals surface area contributed by atoms with Crippen molar-refractivity contribution in [1.29, 1.82) is 0 Å². The van der Waals surface area contributed by atoms with Gasteiger partial charge in [0.2, 0.25) is 0 Å². The fraction of sp³-hybridized carbons (Fsp3) is 0.348.